The van der Waals surface area contributed by atoms with E-state index in [-0.39, 0.29) is 0 Å². The molecule has 1 aromatic rings. The van der Waals surface area contributed by atoms with E-state index in [4.69, 9.17) is 0 Å². The van der Waals surface area contributed by atoms with Crippen LogP contribution in [-0.4, -0.2) is 20.6 Å². The Balaban J connectivity index is 1.78. The summed E-state index contributed by atoms with van der Waals surface area (Å²) in [5, 5.41) is 3.74. The first-order valence-electron chi connectivity index (χ1n) is 8.60. The lowest BCUT2D eigenvalue weighted by atomic mass is 9.81. The van der Waals surface area contributed by atoms with E-state index in [1.807, 2.05) is 0 Å². The molecule has 1 fully saturated rings. The fourth-order valence-electron chi connectivity index (χ4n) is 3.37. The van der Waals surface area contributed by atoms with Gasteiger partial charge in [-0.15, -0.1) is 0 Å². The van der Waals surface area contributed by atoms with Crippen LogP contribution in [0.15, 0.2) is 24.3 Å². The van der Waals surface area contributed by atoms with E-state index >= 15 is 0 Å². The van der Waals surface area contributed by atoms with Crippen LogP contribution < -0.4 is 10.2 Å². The van der Waals surface area contributed by atoms with Gasteiger partial charge in [-0.1, -0.05) is 38.3 Å². The molecule has 0 spiro atoms. The molecule has 0 saturated heterocycles. The van der Waals surface area contributed by atoms with Gasteiger partial charge in [-0.2, -0.15) is 0 Å². The normalized spacial score (nSPS) is 23.8. The van der Waals surface area contributed by atoms with E-state index in [1.54, 1.807) is 0 Å². The largest absolute Gasteiger partial charge is 0.378 e. The summed E-state index contributed by atoms with van der Waals surface area (Å²) in [5.41, 5.74) is 2.66. The minimum absolute atomic E-state index is 0.449. The molecule has 1 aliphatic carbocycles. The first kappa shape index (κ1) is 16.4. The van der Waals surface area contributed by atoms with Crippen LogP contribution in [0, 0.1) is 11.8 Å². The third-order valence-electron chi connectivity index (χ3n) is 5.17. The number of rotatable bonds is 6. The highest BCUT2D eigenvalue weighted by atomic mass is 15.1. The molecule has 21 heavy (non-hydrogen) atoms. The molecule has 0 heterocycles. The van der Waals surface area contributed by atoms with Crippen molar-refractivity contribution in [3.63, 3.8) is 0 Å². The van der Waals surface area contributed by atoms with Crippen molar-refractivity contribution in [1.29, 1.82) is 0 Å². The molecule has 1 saturated carbocycles. The summed E-state index contributed by atoms with van der Waals surface area (Å²) in [5.74, 6) is 1.88. The average Bonchev–Trinajstić information content (AvgIpc) is 2.53. The predicted octanol–water partition coefficient (Wildman–Crippen LogP) is 4.62. The van der Waals surface area contributed by atoms with Gasteiger partial charge in [-0.05, 0) is 55.8 Å². The zero-order valence-electron chi connectivity index (χ0n) is 14.2. The van der Waals surface area contributed by atoms with Gasteiger partial charge in [0, 0.05) is 25.8 Å². The molecule has 2 heteroatoms. The molecule has 118 valence electrons. The Kier molecular flexibility index (Phi) is 6.10. The number of nitrogens with one attached hydrogen (secondary N) is 1. The molecule has 0 aliphatic heterocycles. The molecule has 1 aromatic carbocycles. The lowest BCUT2D eigenvalue weighted by Gasteiger charge is -2.29. The van der Waals surface area contributed by atoms with E-state index < -0.39 is 0 Å². The fourth-order valence-corrected chi connectivity index (χ4v) is 3.37. The summed E-state index contributed by atoms with van der Waals surface area (Å²) in [6, 6.07) is 9.37. The highest BCUT2D eigenvalue weighted by molar-refractivity contribution is 5.46. The highest BCUT2D eigenvalue weighted by Gasteiger charge is 2.20. The molecule has 2 nitrogen and oxygen atoms in total. The number of anilines is 1. The summed E-state index contributed by atoms with van der Waals surface area (Å²) < 4.78 is 0. The number of hydrogen-bond acceptors (Lipinski definition) is 2. The Morgan fingerprint density at radius 2 is 1.62 bits per heavy atom. The van der Waals surface area contributed by atoms with Crippen molar-refractivity contribution in [2.24, 2.45) is 11.8 Å². The van der Waals surface area contributed by atoms with E-state index in [9.17, 15) is 0 Å². The monoisotopic (exact) mass is 288 g/mol. The Bertz CT molecular complexity index is 402. The molecule has 1 aliphatic rings. The average molecular weight is 288 g/mol. The van der Waals surface area contributed by atoms with Crippen molar-refractivity contribution in [3.8, 4) is 0 Å². The SMILES string of the molecule is CCC1CCC(CNC(C)c2ccc(N(C)C)cc2)CC1. The summed E-state index contributed by atoms with van der Waals surface area (Å²) in [7, 11) is 4.17. The van der Waals surface area contributed by atoms with E-state index in [1.165, 1.54) is 49.9 Å². The standard InChI is InChI=1S/C19H32N2/c1-5-16-6-8-17(9-7-16)14-20-15(2)18-10-12-19(13-11-18)21(3)4/h10-13,15-17,20H,5-9,14H2,1-4H3. The summed E-state index contributed by atoms with van der Waals surface area (Å²) >= 11 is 0. The van der Waals surface area contributed by atoms with Crippen LogP contribution in [0.25, 0.3) is 0 Å². The van der Waals surface area contributed by atoms with Crippen LogP contribution in [0.5, 0.6) is 0 Å². The van der Waals surface area contributed by atoms with Gasteiger partial charge in [0.1, 0.15) is 0 Å². The second-order valence-electron chi connectivity index (χ2n) is 6.91. The molecular formula is C19H32N2. The van der Waals surface area contributed by atoms with Gasteiger partial charge in [0.15, 0.2) is 0 Å². The summed E-state index contributed by atoms with van der Waals surface area (Å²) in [4.78, 5) is 2.15. The molecule has 0 bridgehead atoms. The maximum Gasteiger partial charge on any atom is 0.0361 e. The van der Waals surface area contributed by atoms with Crippen molar-refractivity contribution in [1.82, 2.24) is 5.32 Å². The molecular weight excluding hydrogens is 256 g/mol. The van der Waals surface area contributed by atoms with Crippen LogP contribution in [-0.2, 0) is 0 Å². The Morgan fingerprint density at radius 1 is 1.05 bits per heavy atom. The van der Waals surface area contributed by atoms with Gasteiger partial charge >= 0.3 is 0 Å². The highest BCUT2D eigenvalue weighted by Crippen LogP contribution is 2.30. The molecule has 1 unspecified atom stereocenters. The third-order valence-corrected chi connectivity index (χ3v) is 5.17. The lowest BCUT2D eigenvalue weighted by Crippen LogP contribution is -2.28. The molecule has 1 N–H and O–H groups in total. The zero-order valence-corrected chi connectivity index (χ0v) is 14.2. The van der Waals surface area contributed by atoms with Gasteiger partial charge in [0.25, 0.3) is 0 Å². The molecule has 0 amide bonds. The Labute approximate surface area is 130 Å². The quantitative estimate of drug-likeness (QED) is 0.821. The van der Waals surface area contributed by atoms with Gasteiger partial charge < -0.3 is 10.2 Å². The van der Waals surface area contributed by atoms with E-state index in [0.717, 1.165) is 11.8 Å². The molecule has 0 aromatic heterocycles. The van der Waals surface area contributed by atoms with Crippen LogP contribution >= 0.6 is 0 Å². The van der Waals surface area contributed by atoms with Crippen molar-refractivity contribution in [2.75, 3.05) is 25.5 Å². The van der Waals surface area contributed by atoms with Crippen molar-refractivity contribution in [3.05, 3.63) is 29.8 Å². The fraction of sp³-hybridized carbons (Fsp3) is 0.684. The minimum atomic E-state index is 0.449. The minimum Gasteiger partial charge on any atom is -0.378 e. The predicted molar refractivity (Wildman–Crippen MR) is 92.9 cm³/mol. The van der Waals surface area contributed by atoms with E-state index in [2.05, 4.69) is 62.4 Å². The maximum absolute atomic E-state index is 3.74. The first-order chi connectivity index (χ1) is 10.1. The number of benzene rings is 1. The maximum atomic E-state index is 3.74. The van der Waals surface area contributed by atoms with Crippen molar-refractivity contribution < 1.29 is 0 Å². The smallest absolute Gasteiger partial charge is 0.0361 e. The van der Waals surface area contributed by atoms with Crippen LogP contribution in [0.1, 0.15) is 57.6 Å². The lowest BCUT2D eigenvalue weighted by molar-refractivity contribution is 0.258. The third kappa shape index (κ3) is 4.74. The topological polar surface area (TPSA) is 15.3 Å². The van der Waals surface area contributed by atoms with Gasteiger partial charge in [-0.25, -0.2) is 0 Å². The van der Waals surface area contributed by atoms with Gasteiger partial charge in [0.2, 0.25) is 0 Å². The second kappa shape index (κ2) is 7.84. The molecule has 0 radical (unpaired) electrons. The van der Waals surface area contributed by atoms with Gasteiger partial charge in [0.05, 0.1) is 0 Å². The van der Waals surface area contributed by atoms with Crippen LogP contribution in [0.4, 0.5) is 5.69 Å². The zero-order chi connectivity index (χ0) is 15.2. The second-order valence-corrected chi connectivity index (χ2v) is 6.91. The van der Waals surface area contributed by atoms with Gasteiger partial charge in [-0.3, -0.25) is 0 Å². The first-order valence-corrected chi connectivity index (χ1v) is 8.60. The van der Waals surface area contributed by atoms with Crippen LogP contribution in [0.2, 0.25) is 0 Å². The van der Waals surface area contributed by atoms with E-state index in [0.29, 0.717) is 6.04 Å². The Hall–Kier alpha value is -1.02. The van der Waals surface area contributed by atoms with Crippen molar-refractivity contribution >= 4 is 5.69 Å². The summed E-state index contributed by atoms with van der Waals surface area (Å²) in [6.45, 7) is 5.79. The molecule has 1 atom stereocenters. The summed E-state index contributed by atoms with van der Waals surface area (Å²) in [6.07, 6.45) is 7.08. The number of nitrogens with zero attached hydrogens (tertiary/aromatic N) is 1. The molecule has 2 rings (SSSR count). The Morgan fingerprint density at radius 3 is 2.14 bits per heavy atom. The number of hydrogen-bond donors (Lipinski definition) is 1. The van der Waals surface area contributed by atoms with Crippen molar-refractivity contribution in [2.45, 2.75) is 52.0 Å². The van der Waals surface area contributed by atoms with Crippen LogP contribution in [0.3, 0.4) is 0 Å².